The molecule has 1 aliphatic heterocycles. The van der Waals surface area contributed by atoms with E-state index in [-0.39, 0.29) is 24.2 Å². The first-order valence-electron chi connectivity index (χ1n) is 9.58. The van der Waals surface area contributed by atoms with E-state index in [0.29, 0.717) is 22.7 Å². The van der Waals surface area contributed by atoms with Crippen LogP contribution in [-0.2, 0) is 0 Å². The Hall–Kier alpha value is -2.37. The van der Waals surface area contributed by atoms with Gasteiger partial charge in [0.15, 0.2) is 0 Å². The van der Waals surface area contributed by atoms with Crippen molar-refractivity contribution >= 4 is 29.9 Å². The highest BCUT2D eigenvalue weighted by Gasteiger charge is 2.25. The van der Waals surface area contributed by atoms with Gasteiger partial charge in [0.1, 0.15) is 0 Å². The average molecular weight is 402 g/mol. The van der Waals surface area contributed by atoms with Gasteiger partial charge in [0, 0.05) is 18.7 Å². The van der Waals surface area contributed by atoms with Gasteiger partial charge in [-0.1, -0.05) is 30.3 Å². The summed E-state index contributed by atoms with van der Waals surface area (Å²) < 4.78 is 0. The first kappa shape index (κ1) is 21.9. The van der Waals surface area contributed by atoms with E-state index in [1.165, 1.54) is 0 Å². The quantitative estimate of drug-likeness (QED) is 0.773. The number of carbonyl (C=O) groups excluding carboxylic acids is 2. The number of hydrogen-bond acceptors (Lipinski definition) is 3. The predicted molar refractivity (Wildman–Crippen MR) is 115 cm³/mol. The number of carbonyl (C=O) groups is 2. The summed E-state index contributed by atoms with van der Waals surface area (Å²) in [6.45, 7) is 2.56. The molecule has 150 valence electrons. The SMILES string of the molecule is CNCCC1CCN(C(=O)c2ccccc2NC(=O)c2ccccc2)CC1.Cl. The lowest BCUT2D eigenvalue weighted by Crippen LogP contribution is -2.39. The smallest absolute Gasteiger partial charge is 0.255 e. The molecule has 6 heteroatoms. The summed E-state index contributed by atoms with van der Waals surface area (Å²) >= 11 is 0. The predicted octanol–water partition coefficient (Wildman–Crippen LogP) is 3.82. The van der Waals surface area contributed by atoms with Gasteiger partial charge in [-0.3, -0.25) is 9.59 Å². The third-order valence-corrected chi connectivity index (χ3v) is 5.15. The highest BCUT2D eigenvalue weighted by molar-refractivity contribution is 6.09. The maximum atomic E-state index is 13.0. The molecule has 2 aromatic rings. The van der Waals surface area contributed by atoms with Gasteiger partial charge in [0.25, 0.3) is 11.8 Å². The first-order chi connectivity index (χ1) is 13.2. The van der Waals surface area contributed by atoms with Crippen molar-refractivity contribution in [2.24, 2.45) is 5.92 Å². The van der Waals surface area contributed by atoms with Gasteiger partial charge in [0.05, 0.1) is 11.3 Å². The number of halogens is 1. The maximum Gasteiger partial charge on any atom is 0.255 e. The number of amides is 2. The minimum absolute atomic E-state index is 0. The van der Waals surface area contributed by atoms with E-state index in [2.05, 4.69) is 10.6 Å². The third kappa shape index (κ3) is 5.57. The second-order valence-electron chi connectivity index (χ2n) is 6.99. The van der Waals surface area contributed by atoms with Crippen molar-refractivity contribution in [3.05, 3.63) is 65.7 Å². The second-order valence-corrected chi connectivity index (χ2v) is 6.99. The zero-order chi connectivity index (χ0) is 19.1. The summed E-state index contributed by atoms with van der Waals surface area (Å²) in [6, 6.07) is 16.3. The van der Waals surface area contributed by atoms with E-state index in [4.69, 9.17) is 0 Å². The molecule has 0 bridgehead atoms. The van der Waals surface area contributed by atoms with Gasteiger partial charge in [-0.2, -0.15) is 0 Å². The van der Waals surface area contributed by atoms with Crippen molar-refractivity contribution in [2.75, 3.05) is 32.0 Å². The number of nitrogens with one attached hydrogen (secondary N) is 2. The molecule has 2 aromatic carbocycles. The highest BCUT2D eigenvalue weighted by atomic mass is 35.5. The molecule has 5 nitrogen and oxygen atoms in total. The molecule has 1 heterocycles. The van der Waals surface area contributed by atoms with Crippen LogP contribution < -0.4 is 10.6 Å². The molecule has 0 saturated carbocycles. The Labute approximate surface area is 172 Å². The Bertz CT molecular complexity index is 774. The lowest BCUT2D eigenvalue weighted by atomic mass is 9.93. The molecule has 0 unspecified atom stereocenters. The highest BCUT2D eigenvalue weighted by Crippen LogP contribution is 2.24. The number of rotatable bonds is 6. The number of benzene rings is 2. The van der Waals surface area contributed by atoms with E-state index in [1.54, 1.807) is 24.3 Å². The minimum atomic E-state index is -0.207. The molecule has 2 N–H and O–H groups in total. The first-order valence-corrected chi connectivity index (χ1v) is 9.58. The standard InChI is InChI=1S/C22H27N3O2.ClH/c1-23-14-11-17-12-15-25(16-13-17)22(27)19-9-5-6-10-20(19)24-21(26)18-7-3-2-4-8-18;/h2-10,17,23H,11-16H2,1H3,(H,24,26);1H. The number of nitrogens with zero attached hydrogens (tertiary/aromatic N) is 1. The van der Waals surface area contributed by atoms with E-state index < -0.39 is 0 Å². The maximum absolute atomic E-state index is 13.0. The molecule has 2 amide bonds. The largest absolute Gasteiger partial charge is 0.339 e. The number of piperidine rings is 1. The van der Waals surface area contributed by atoms with Crippen LogP contribution in [0.25, 0.3) is 0 Å². The Morgan fingerprint density at radius 2 is 1.64 bits per heavy atom. The van der Waals surface area contributed by atoms with Crippen molar-refractivity contribution in [3.63, 3.8) is 0 Å². The molecule has 28 heavy (non-hydrogen) atoms. The van der Waals surface area contributed by atoms with Gasteiger partial charge in [-0.05, 0) is 63.0 Å². The van der Waals surface area contributed by atoms with Crippen LogP contribution in [0.5, 0.6) is 0 Å². The van der Waals surface area contributed by atoms with Crippen LogP contribution in [0.3, 0.4) is 0 Å². The third-order valence-electron chi connectivity index (χ3n) is 5.15. The summed E-state index contributed by atoms with van der Waals surface area (Å²) in [5, 5.41) is 6.08. The molecule has 0 atom stereocenters. The van der Waals surface area contributed by atoms with Crippen molar-refractivity contribution in [1.82, 2.24) is 10.2 Å². The summed E-state index contributed by atoms with van der Waals surface area (Å²) in [5.41, 5.74) is 1.69. The monoisotopic (exact) mass is 401 g/mol. The Kier molecular flexibility index (Phi) is 8.48. The average Bonchev–Trinajstić information content (AvgIpc) is 2.73. The van der Waals surface area contributed by atoms with E-state index in [0.717, 1.165) is 38.9 Å². The van der Waals surface area contributed by atoms with Crippen LogP contribution in [0.2, 0.25) is 0 Å². The van der Waals surface area contributed by atoms with Crippen molar-refractivity contribution in [3.8, 4) is 0 Å². The van der Waals surface area contributed by atoms with Crippen molar-refractivity contribution < 1.29 is 9.59 Å². The fourth-order valence-electron chi connectivity index (χ4n) is 3.51. The number of likely N-dealkylation sites (tertiary alicyclic amines) is 1. The van der Waals surface area contributed by atoms with Crippen LogP contribution in [0.15, 0.2) is 54.6 Å². The zero-order valence-electron chi connectivity index (χ0n) is 16.2. The van der Waals surface area contributed by atoms with Gasteiger partial charge in [-0.15, -0.1) is 12.4 Å². The number of anilines is 1. The molecule has 1 saturated heterocycles. The van der Waals surface area contributed by atoms with Crippen molar-refractivity contribution in [1.29, 1.82) is 0 Å². The number of hydrogen-bond donors (Lipinski definition) is 2. The van der Waals surface area contributed by atoms with Crippen LogP contribution >= 0.6 is 12.4 Å². The zero-order valence-corrected chi connectivity index (χ0v) is 17.0. The molecule has 0 aromatic heterocycles. The molecule has 0 aliphatic carbocycles. The van der Waals surface area contributed by atoms with Crippen LogP contribution in [-0.4, -0.2) is 43.4 Å². The Balaban J connectivity index is 0.00000280. The normalized spacial score (nSPS) is 14.2. The minimum Gasteiger partial charge on any atom is -0.339 e. The van der Waals surface area contributed by atoms with E-state index in [1.807, 2.05) is 42.3 Å². The molecule has 3 rings (SSSR count). The van der Waals surface area contributed by atoms with Crippen LogP contribution in [0.1, 0.15) is 40.0 Å². The molecule has 0 radical (unpaired) electrons. The molecular formula is C22H28ClN3O2. The second kappa shape index (κ2) is 10.8. The molecular weight excluding hydrogens is 374 g/mol. The fourth-order valence-corrected chi connectivity index (χ4v) is 3.51. The molecule has 1 aliphatic rings. The fraction of sp³-hybridized carbons (Fsp3) is 0.364. The Morgan fingerprint density at radius 3 is 2.32 bits per heavy atom. The van der Waals surface area contributed by atoms with E-state index >= 15 is 0 Å². The lowest BCUT2D eigenvalue weighted by molar-refractivity contribution is 0.0688. The molecule has 1 fully saturated rings. The summed E-state index contributed by atoms with van der Waals surface area (Å²) in [7, 11) is 1.97. The molecule has 0 spiro atoms. The van der Waals surface area contributed by atoms with E-state index in [9.17, 15) is 9.59 Å². The van der Waals surface area contributed by atoms with Crippen LogP contribution in [0.4, 0.5) is 5.69 Å². The van der Waals surface area contributed by atoms with Gasteiger partial charge < -0.3 is 15.5 Å². The van der Waals surface area contributed by atoms with Gasteiger partial charge in [-0.25, -0.2) is 0 Å². The summed E-state index contributed by atoms with van der Waals surface area (Å²) in [5.74, 6) is 0.460. The van der Waals surface area contributed by atoms with Crippen LogP contribution in [0, 0.1) is 5.92 Å². The Morgan fingerprint density at radius 1 is 1.00 bits per heavy atom. The summed E-state index contributed by atoms with van der Waals surface area (Å²) in [4.78, 5) is 27.4. The van der Waals surface area contributed by atoms with Gasteiger partial charge in [0.2, 0.25) is 0 Å². The lowest BCUT2D eigenvalue weighted by Gasteiger charge is -2.32. The topological polar surface area (TPSA) is 61.4 Å². The van der Waals surface area contributed by atoms with Crippen molar-refractivity contribution in [2.45, 2.75) is 19.3 Å². The number of para-hydroxylation sites is 1. The van der Waals surface area contributed by atoms with Gasteiger partial charge >= 0.3 is 0 Å². The summed E-state index contributed by atoms with van der Waals surface area (Å²) in [6.07, 6.45) is 3.22.